The SMILES string of the molecule is CNc1nc(OC)nc(N(C)CC2CCCCO2)n1. The number of methoxy groups -OCH3 is 1. The topological polar surface area (TPSA) is 72.4 Å². The molecule has 0 amide bonds. The average molecular weight is 267 g/mol. The van der Waals surface area contributed by atoms with Gasteiger partial charge in [-0.25, -0.2) is 0 Å². The van der Waals surface area contributed by atoms with Gasteiger partial charge < -0.3 is 19.7 Å². The number of nitrogens with one attached hydrogen (secondary N) is 1. The molecular formula is C12H21N5O2. The molecule has 1 atom stereocenters. The third kappa shape index (κ3) is 3.66. The van der Waals surface area contributed by atoms with Crippen LogP contribution in [0.15, 0.2) is 0 Å². The van der Waals surface area contributed by atoms with Gasteiger partial charge in [0.2, 0.25) is 11.9 Å². The minimum atomic E-state index is 0.250. The largest absolute Gasteiger partial charge is 0.467 e. The van der Waals surface area contributed by atoms with Gasteiger partial charge >= 0.3 is 6.01 Å². The number of aromatic nitrogens is 3. The summed E-state index contributed by atoms with van der Waals surface area (Å²) in [5.74, 6) is 1.09. The van der Waals surface area contributed by atoms with E-state index in [1.807, 2.05) is 11.9 Å². The molecule has 1 N–H and O–H groups in total. The van der Waals surface area contributed by atoms with E-state index in [1.54, 1.807) is 14.2 Å². The smallest absolute Gasteiger partial charge is 0.322 e. The first-order valence-corrected chi connectivity index (χ1v) is 6.53. The number of hydrogen-bond donors (Lipinski definition) is 1. The highest BCUT2D eigenvalue weighted by atomic mass is 16.5. The highest BCUT2D eigenvalue weighted by Crippen LogP contribution is 2.17. The van der Waals surface area contributed by atoms with Crippen molar-refractivity contribution in [3.05, 3.63) is 0 Å². The van der Waals surface area contributed by atoms with E-state index in [9.17, 15) is 0 Å². The summed E-state index contributed by atoms with van der Waals surface area (Å²) in [4.78, 5) is 14.6. The zero-order valence-electron chi connectivity index (χ0n) is 11.7. The molecule has 1 fully saturated rings. The van der Waals surface area contributed by atoms with Gasteiger partial charge in [0.25, 0.3) is 0 Å². The van der Waals surface area contributed by atoms with Gasteiger partial charge in [0.1, 0.15) is 0 Å². The molecule has 0 radical (unpaired) electrons. The molecular weight excluding hydrogens is 246 g/mol. The quantitative estimate of drug-likeness (QED) is 0.850. The standard InChI is InChI=1S/C12H21N5O2/c1-13-10-14-11(16-12(15-10)18-3)17(2)8-9-6-4-5-7-19-9/h9H,4-8H2,1-3H3,(H,13,14,15,16). The van der Waals surface area contributed by atoms with Crippen molar-refractivity contribution in [3.63, 3.8) is 0 Å². The van der Waals surface area contributed by atoms with Crippen molar-refractivity contribution in [3.8, 4) is 6.01 Å². The highest BCUT2D eigenvalue weighted by Gasteiger charge is 2.18. The normalized spacial score (nSPS) is 19.0. The van der Waals surface area contributed by atoms with Gasteiger partial charge in [-0.05, 0) is 19.3 Å². The van der Waals surface area contributed by atoms with Crippen LogP contribution >= 0.6 is 0 Å². The molecule has 0 aromatic carbocycles. The Hall–Kier alpha value is -1.63. The van der Waals surface area contributed by atoms with Crippen molar-refractivity contribution in [2.75, 3.05) is 44.6 Å². The lowest BCUT2D eigenvalue weighted by molar-refractivity contribution is 0.0214. The van der Waals surface area contributed by atoms with E-state index < -0.39 is 0 Å². The Bertz CT molecular complexity index is 387. The van der Waals surface area contributed by atoms with E-state index in [1.165, 1.54) is 6.42 Å². The van der Waals surface area contributed by atoms with Gasteiger partial charge in [-0.15, -0.1) is 0 Å². The number of rotatable bonds is 5. The maximum atomic E-state index is 5.72. The second-order valence-corrected chi connectivity index (χ2v) is 4.56. The maximum absolute atomic E-state index is 5.72. The number of nitrogens with zero attached hydrogens (tertiary/aromatic N) is 4. The first kappa shape index (κ1) is 13.8. The molecule has 2 heterocycles. The molecule has 0 aliphatic carbocycles. The molecule has 1 aromatic rings. The van der Waals surface area contributed by atoms with Crippen molar-refractivity contribution >= 4 is 11.9 Å². The number of hydrogen-bond acceptors (Lipinski definition) is 7. The van der Waals surface area contributed by atoms with E-state index in [-0.39, 0.29) is 6.10 Å². The number of likely N-dealkylation sites (N-methyl/N-ethyl adjacent to an activating group) is 1. The molecule has 1 aliphatic heterocycles. The lowest BCUT2D eigenvalue weighted by Crippen LogP contribution is -2.34. The zero-order chi connectivity index (χ0) is 13.7. The van der Waals surface area contributed by atoms with E-state index in [4.69, 9.17) is 9.47 Å². The van der Waals surface area contributed by atoms with Crippen LogP contribution in [0.25, 0.3) is 0 Å². The summed E-state index contributed by atoms with van der Waals surface area (Å²) in [6, 6.07) is 0.311. The summed E-state index contributed by atoms with van der Waals surface area (Å²) in [6.07, 6.45) is 3.72. The van der Waals surface area contributed by atoms with Crippen LogP contribution < -0.4 is 15.0 Å². The van der Waals surface area contributed by atoms with Gasteiger partial charge in [0.05, 0.1) is 13.2 Å². The molecule has 0 bridgehead atoms. The lowest BCUT2D eigenvalue weighted by atomic mass is 10.1. The molecule has 0 spiro atoms. The molecule has 1 aliphatic rings. The third-order valence-corrected chi connectivity index (χ3v) is 3.10. The Kier molecular flexibility index (Phi) is 4.73. The van der Waals surface area contributed by atoms with Crippen LogP contribution in [0.1, 0.15) is 19.3 Å². The molecule has 7 heteroatoms. The summed E-state index contributed by atoms with van der Waals surface area (Å²) < 4.78 is 10.8. The summed E-state index contributed by atoms with van der Waals surface area (Å²) >= 11 is 0. The Morgan fingerprint density at radius 3 is 2.84 bits per heavy atom. The van der Waals surface area contributed by atoms with E-state index in [0.717, 1.165) is 26.0 Å². The summed E-state index contributed by atoms with van der Waals surface area (Å²) in [6.45, 7) is 1.62. The fourth-order valence-corrected chi connectivity index (χ4v) is 2.06. The third-order valence-electron chi connectivity index (χ3n) is 3.10. The molecule has 1 unspecified atom stereocenters. The van der Waals surface area contributed by atoms with Crippen molar-refractivity contribution in [2.24, 2.45) is 0 Å². The van der Waals surface area contributed by atoms with Gasteiger partial charge in [-0.2, -0.15) is 15.0 Å². The van der Waals surface area contributed by atoms with Crippen molar-refractivity contribution in [2.45, 2.75) is 25.4 Å². The maximum Gasteiger partial charge on any atom is 0.322 e. The van der Waals surface area contributed by atoms with Crippen LogP contribution in [0.3, 0.4) is 0 Å². The zero-order valence-corrected chi connectivity index (χ0v) is 11.7. The Morgan fingerprint density at radius 2 is 2.21 bits per heavy atom. The monoisotopic (exact) mass is 267 g/mol. The average Bonchev–Trinajstić information content (AvgIpc) is 2.47. The van der Waals surface area contributed by atoms with Crippen LogP contribution in [-0.2, 0) is 4.74 Å². The fraction of sp³-hybridized carbons (Fsp3) is 0.750. The first-order chi connectivity index (χ1) is 9.22. The fourth-order valence-electron chi connectivity index (χ4n) is 2.06. The first-order valence-electron chi connectivity index (χ1n) is 6.53. The molecule has 19 heavy (non-hydrogen) atoms. The van der Waals surface area contributed by atoms with Crippen LogP contribution in [-0.4, -0.2) is 55.4 Å². The molecule has 2 rings (SSSR count). The molecule has 1 saturated heterocycles. The summed E-state index contributed by atoms with van der Waals surface area (Å²) in [5.41, 5.74) is 0. The minimum absolute atomic E-state index is 0.250. The number of anilines is 2. The van der Waals surface area contributed by atoms with Crippen LogP contribution in [0.4, 0.5) is 11.9 Å². The van der Waals surface area contributed by atoms with Gasteiger partial charge in [0.15, 0.2) is 0 Å². The van der Waals surface area contributed by atoms with E-state index in [0.29, 0.717) is 17.9 Å². The van der Waals surface area contributed by atoms with E-state index >= 15 is 0 Å². The lowest BCUT2D eigenvalue weighted by Gasteiger charge is -2.27. The van der Waals surface area contributed by atoms with Crippen molar-refractivity contribution < 1.29 is 9.47 Å². The van der Waals surface area contributed by atoms with Crippen molar-refractivity contribution in [1.29, 1.82) is 0 Å². The van der Waals surface area contributed by atoms with Crippen molar-refractivity contribution in [1.82, 2.24) is 15.0 Å². The Labute approximate surface area is 113 Å². The van der Waals surface area contributed by atoms with Crippen LogP contribution in [0.2, 0.25) is 0 Å². The van der Waals surface area contributed by atoms with E-state index in [2.05, 4.69) is 20.3 Å². The second-order valence-electron chi connectivity index (χ2n) is 4.56. The second kappa shape index (κ2) is 6.51. The predicted octanol–water partition coefficient (Wildman–Crippen LogP) is 0.927. The minimum Gasteiger partial charge on any atom is -0.467 e. The highest BCUT2D eigenvalue weighted by molar-refractivity contribution is 5.37. The van der Waals surface area contributed by atoms with Crippen LogP contribution in [0, 0.1) is 0 Å². The molecule has 106 valence electrons. The Balaban J connectivity index is 2.06. The van der Waals surface area contributed by atoms with Crippen LogP contribution in [0.5, 0.6) is 6.01 Å². The van der Waals surface area contributed by atoms with Gasteiger partial charge in [-0.3, -0.25) is 0 Å². The Morgan fingerprint density at radius 1 is 1.37 bits per heavy atom. The molecule has 0 saturated carbocycles. The summed E-state index contributed by atoms with van der Waals surface area (Å²) in [5, 5.41) is 2.90. The van der Waals surface area contributed by atoms with Gasteiger partial charge in [-0.1, -0.05) is 0 Å². The molecule has 7 nitrogen and oxygen atoms in total. The number of ether oxygens (including phenoxy) is 2. The predicted molar refractivity (Wildman–Crippen MR) is 72.8 cm³/mol. The molecule has 1 aromatic heterocycles. The summed E-state index contributed by atoms with van der Waals surface area (Å²) in [7, 11) is 5.26. The van der Waals surface area contributed by atoms with Gasteiger partial charge in [0, 0.05) is 27.2 Å².